The van der Waals surface area contributed by atoms with E-state index in [0.29, 0.717) is 13.1 Å². The quantitative estimate of drug-likeness (QED) is 0.580. The second-order valence-electron chi connectivity index (χ2n) is 8.23. The zero-order valence-electron chi connectivity index (χ0n) is 19.0. The fourth-order valence-electron chi connectivity index (χ4n) is 3.97. The Morgan fingerprint density at radius 1 is 1.09 bits per heavy atom. The summed E-state index contributed by atoms with van der Waals surface area (Å²) in [5.74, 6) is -1.18. The molecule has 10 heteroatoms. The molecular weight excluding hydrogens is 432 g/mol. The van der Waals surface area contributed by atoms with Gasteiger partial charge >= 0.3 is 18.0 Å². The van der Waals surface area contributed by atoms with Gasteiger partial charge in [0.15, 0.2) is 12.4 Å². The highest BCUT2D eigenvalue weighted by molar-refractivity contribution is 5.74. The molecular formula is C23H32N2O8. The van der Waals surface area contributed by atoms with E-state index in [1.807, 2.05) is 30.3 Å². The number of nitrogens with one attached hydrogen (secondary N) is 1. The van der Waals surface area contributed by atoms with Gasteiger partial charge in [-0.1, -0.05) is 30.3 Å². The number of rotatable bonds is 7. The monoisotopic (exact) mass is 464 g/mol. The molecule has 1 aromatic rings. The van der Waals surface area contributed by atoms with E-state index in [-0.39, 0.29) is 19.2 Å². The predicted molar refractivity (Wildman–Crippen MR) is 116 cm³/mol. The van der Waals surface area contributed by atoms with Crippen molar-refractivity contribution in [2.45, 2.75) is 70.4 Å². The Kier molecular flexibility index (Phi) is 9.04. The summed E-state index contributed by atoms with van der Waals surface area (Å²) in [5, 5.41) is 13.9. The third-order valence-corrected chi connectivity index (χ3v) is 5.62. The van der Waals surface area contributed by atoms with Crippen LogP contribution in [0.2, 0.25) is 0 Å². The molecule has 2 fully saturated rings. The van der Waals surface area contributed by atoms with Gasteiger partial charge in [0.05, 0.1) is 6.61 Å². The van der Waals surface area contributed by atoms with E-state index in [2.05, 4.69) is 5.32 Å². The number of amides is 2. The molecule has 3 rings (SSSR count). The molecule has 0 spiro atoms. The molecule has 0 radical (unpaired) electrons. The van der Waals surface area contributed by atoms with Gasteiger partial charge in [-0.05, 0) is 24.8 Å². The standard InChI is InChI=1S/C23H32N2O8/c1-15(26)30-14-18-21(32-16(2)27)20(28)19(24-23(29)25-11-7-4-8-12-25)22(33-18)31-13-17-9-5-3-6-10-17/h3,5-6,9-10,18-22,28H,4,7-8,11-14H2,1-2H3,(H,24,29)/t18-,19-,20-,21-,22-/m1/s1. The van der Waals surface area contributed by atoms with Crippen LogP contribution in [-0.2, 0) is 35.1 Å². The number of carbonyl (C=O) groups is 3. The van der Waals surface area contributed by atoms with Crippen molar-refractivity contribution in [1.29, 1.82) is 0 Å². The number of benzene rings is 1. The van der Waals surface area contributed by atoms with Crippen LogP contribution in [0.5, 0.6) is 0 Å². The maximum atomic E-state index is 12.9. The molecule has 0 aromatic heterocycles. The van der Waals surface area contributed by atoms with Crippen LogP contribution >= 0.6 is 0 Å². The van der Waals surface area contributed by atoms with E-state index >= 15 is 0 Å². The van der Waals surface area contributed by atoms with Crippen LogP contribution in [0.25, 0.3) is 0 Å². The van der Waals surface area contributed by atoms with Gasteiger partial charge in [0.1, 0.15) is 24.9 Å². The van der Waals surface area contributed by atoms with Crippen molar-refractivity contribution in [2.75, 3.05) is 19.7 Å². The number of aliphatic hydroxyl groups excluding tert-OH is 1. The van der Waals surface area contributed by atoms with Gasteiger partial charge in [-0.15, -0.1) is 0 Å². The molecule has 0 saturated carbocycles. The number of carbonyl (C=O) groups excluding carboxylic acids is 3. The molecule has 0 aliphatic carbocycles. The van der Waals surface area contributed by atoms with E-state index < -0.39 is 42.6 Å². The van der Waals surface area contributed by atoms with Gasteiger partial charge in [-0.25, -0.2) is 4.79 Å². The van der Waals surface area contributed by atoms with Crippen molar-refractivity contribution in [1.82, 2.24) is 10.2 Å². The second-order valence-corrected chi connectivity index (χ2v) is 8.23. The first-order valence-electron chi connectivity index (χ1n) is 11.2. The lowest BCUT2D eigenvalue weighted by Crippen LogP contribution is -2.66. The first kappa shape index (κ1) is 24.9. The number of ether oxygens (including phenoxy) is 4. The number of piperidine rings is 1. The number of urea groups is 1. The summed E-state index contributed by atoms with van der Waals surface area (Å²) in [4.78, 5) is 37.6. The summed E-state index contributed by atoms with van der Waals surface area (Å²) >= 11 is 0. The SMILES string of the molecule is CC(=O)OC[C@H]1O[C@@H](OCc2ccccc2)[C@H](NC(=O)N2CCCCC2)[C@@H](O)[C@@H]1OC(C)=O. The molecule has 2 saturated heterocycles. The Bertz CT molecular complexity index is 799. The molecule has 10 nitrogen and oxygen atoms in total. The molecule has 33 heavy (non-hydrogen) atoms. The van der Waals surface area contributed by atoms with Crippen LogP contribution < -0.4 is 5.32 Å². The van der Waals surface area contributed by atoms with Crippen molar-refractivity contribution in [3.05, 3.63) is 35.9 Å². The first-order valence-corrected chi connectivity index (χ1v) is 11.2. The Labute approximate surface area is 193 Å². The highest BCUT2D eigenvalue weighted by atomic mass is 16.7. The van der Waals surface area contributed by atoms with Crippen LogP contribution in [0.4, 0.5) is 4.79 Å². The summed E-state index contributed by atoms with van der Waals surface area (Å²) in [7, 11) is 0. The second kappa shape index (κ2) is 12.0. The number of esters is 2. The highest BCUT2D eigenvalue weighted by Crippen LogP contribution is 2.26. The average Bonchev–Trinajstić information content (AvgIpc) is 2.81. The van der Waals surface area contributed by atoms with Crippen molar-refractivity contribution in [3.63, 3.8) is 0 Å². The van der Waals surface area contributed by atoms with Crippen LogP contribution in [0.1, 0.15) is 38.7 Å². The average molecular weight is 465 g/mol. The number of likely N-dealkylation sites (tertiary alicyclic amines) is 1. The Morgan fingerprint density at radius 2 is 1.79 bits per heavy atom. The molecule has 2 heterocycles. The molecule has 182 valence electrons. The Hall–Kier alpha value is -2.69. The molecule has 0 unspecified atom stereocenters. The van der Waals surface area contributed by atoms with Crippen molar-refractivity contribution < 1.29 is 38.4 Å². The maximum Gasteiger partial charge on any atom is 0.317 e. The summed E-state index contributed by atoms with van der Waals surface area (Å²) in [5.41, 5.74) is 0.871. The minimum absolute atomic E-state index is 0.160. The van der Waals surface area contributed by atoms with Gasteiger partial charge in [-0.3, -0.25) is 9.59 Å². The lowest BCUT2D eigenvalue weighted by Gasteiger charge is -2.44. The molecule has 1 aromatic carbocycles. The lowest BCUT2D eigenvalue weighted by atomic mass is 9.96. The summed E-state index contributed by atoms with van der Waals surface area (Å²) in [6.45, 7) is 3.59. The predicted octanol–water partition coefficient (Wildman–Crippen LogP) is 1.35. The number of hydrogen-bond donors (Lipinski definition) is 2. The fraction of sp³-hybridized carbons (Fsp3) is 0.609. The van der Waals surface area contributed by atoms with Crippen LogP contribution in [0.15, 0.2) is 30.3 Å². The Balaban J connectivity index is 1.79. The first-order chi connectivity index (χ1) is 15.8. The van der Waals surface area contributed by atoms with Crippen molar-refractivity contribution >= 4 is 18.0 Å². The van der Waals surface area contributed by atoms with E-state index in [4.69, 9.17) is 18.9 Å². The molecule has 2 amide bonds. The molecule has 2 aliphatic rings. The topological polar surface area (TPSA) is 124 Å². The molecule has 2 aliphatic heterocycles. The largest absolute Gasteiger partial charge is 0.463 e. The Morgan fingerprint density at radius 3 is 2.42 bits per heavy atom. The van der Waals surface area contributed by atoms with Gasteiger partial charge in [0.2, 0.25) is 0 Å². The minimum Gasteiger partial charge on any atom is -0.463 e. The van der Waals surface area contributed by atoms with E-state index in [0.717, 1.165) is 24.8 Å². The minimum atomic E-state index is -1.35. The van der Waals surface area contributed by atoms with Gasteiger partial charge in [0, 0.05) is 26.9 Å². The van der Waals surface area contributed by atoms with E-state index in [9.17, 15) is 19.5 Å². The van der Waals surface area contributed by atoms with Crippen LogP contribution in [-0.4, -0.2) is 78.3 Å². The smallest absolute Gasteiger partial charge is 0.317 e. The van der Waals surface area contributed by atoms with Crippen LogP contribution in [0.3, 0.4) is 0 Å². The molecule has 0 bridgehead atoms. The molecule has 2 N–H and O–H groups in total. The third-order valence-electron chi connectivity index (χ3n) is 5.62. The summed E-state index contributed by atoms with van der Waals surface area (Å²) in [6, 6.07) is 8.00. The summed E-state index contributed by atoms with van der Waals surface area (Å²) < 4.78 is 22.2. The van der Waals surface area contributed by atoms with E-state index in [1.165, 1.54) is 13.8 Å². The van der Waals surface area contributed by atoms with Crippen LogP contribution in [0, 0.1) is 0 Å². The maximum absolute atomic E-state index is 12.9. The van der Waals surface area contributed by atoms with Gasteiger partial charge < -0.3 is 34.3 Å². The molecule has 5 atom stereocenters. The normalized spacial score (nSPS) is 27.5. The van der Waals surface area contributed by atoms with E-state index in [1.54, 1.807) is 4.90 Å². The third kappa shape index (κ3) is 7.15. The van der Waals surface area contributed by atoms with Crippen molar-refractivity contribution in [3.8, 4) is 0 Å². The number of nitrogens with zero attached hydrogens (tertiary/aromatic N) is 1. The lowest BCUT2D eigenvalue weighted by molar-refractivity contribution is -0.277. The zero-order chi connectivity index (χ0) is 23.8. The number of aliphatic hydroxyl groups is 1. The van der Waals surface area contributed by atoms with Crippen molar-refractivity contribution in [2.24, 2.45) is 0 Å². The highest BCUT2D eigenvalue weighted by Gasteiger charge is 2.49. The fourth-order valence-corrected chi connectivity index (χ4v) is 3.97. The zero-order valence-corrected chi connectivity index (χ0v) is 19.0. The number of hydrogen-bond acceptors (Lipinski definition) is 8. The van der Waals surface area contributed by atoms with Gasteiger partial charge in [0.25, 0.3) is 0 Å². The van der Waals surface area contributed by atoms with Gasteiger partial charge in [-0.2, -0.15) is 0 Å². The summed E-state index contributed by atoms with van der Waals surface area (Å²) in [6.07, 6.45) is -1.67.